The molecule has 102 valence electrons. The van der Waals surface area contributed by atoms with Gasteiger partial charge in [-0.1, -0.05) is 5.21 Å². The van der Waals surface area contributed by atoms with Crippen molar-refractivity contribution in [2.75, 3.05) is 20.1 Å². The zero-order chi connectivity index (χ0) is 13.5. The molecule has 1 saturated heterocycles. The molecule has 0 amide bonds. The van der Waals surface area contributed by atoms with Crippen LogP contribution in [-0.2, 0) is 17.1 Å². The Kier molecular flexibility index (Phi) is 3.74. The molecule has 8 nitrogen and oxygen atoms in total. The summed E-state index contributed by atoms with van der Waals surface area (Å²) in [5.41, 5.74) is 0. The van der Waals surface area contributed by atoms with E-state index in [1.54, 1.807) is 0 Å². The second-order valence-corrected chi connectivity index (χ2v) is 6.79. The summed E-state index contributed by atoms with van der Waals surface area (Å²) in [6.07, 6.45) is -0.718. The van der Waals surface area contributed by atoms with E-state index in [0.717, 1.165) is 4.31 Å². The lowest BCUT2D eigenvalue weighted by Gasteiger charge is -2.25. The predicted molar refractivity (Wildman–Crippen MR) is 66.3 cm³/mol. The standard InChI is InChI=1S/C8H14BrN5O3S/c1-13-8(7(9)11-12-13)18(16,17)14(2)5-3-10-4-6(5)15/h5-6,10,15H,3-4H2,1-2H3/t5-,6-/m0/s1. The van der Waals surface area contributed by atoms with Gasteiger partial charge < -0.3 is 10.4 Å². The molecule has 0 spiro atoms. The third-order valence-electron chi connectivity index (χ3n) is 2.98. The lowest BCUT2D eigenvalue weighted by molar-refractivity contribution is 0.136. The monoisotopic (exact) mass is 339 g/mol. The Bertz CT molecular complexity index is 525. The van der Waals surface area contributed by atoms with Gasteiger partial charge >= 0.3 is 0 Å². The number of nitrogens with one attached hydrogen (secondary N) is 1. The lowest BCUT2D eigenvalue weighted by atomic mass is 10.2. The number of nitrogens with zero attached hydrogens (tertiary/aromatic N) is 4. The fraction of sp³-hybridized carbons (Fsp3) is 0.750. The third kappa shape index (κ3) is 2.18. The van der Waals surface area contributed by atoms with Crippen LogP contribution in [0, 0.1) is 0 Å². The molecule has 18 heavy (non-hydrogen) atoms. The van der Waals surface area contributed by atoms with Crippen molar-refractivity contribution < 1.29 is 13.5 Å². The summed E-state index contributed by atoms with van der Waals surface area (Å²) in [5.74, 6) is 0. The maximum absolute atomic E-state index is 12.4. The van der Waals surface area contributed by atoms with Crippen LogP contribution in [0.25, 0.3) is 0 Å². The molecule has 0 unspecified atom stereocenters. The molecule has 0 radical (unpaired) electrons. The first-order chi connectivity index (χ1) is 8.35. The van der Waals surface area contributed by atoms with Crippen molar-refractivity contribution in [2.45, 2.75) is 17.2 Å². The Morgan fingerprint density at radius 2 is 2.22 bits per heavy atom. The summed E-state index contributed by atoms with van der Waals surface area (Å²) >= 11 is 3.07. The second-order valence-electron chi connectivity index (χ2n) is 4.12. The Morgan fingerprint density at radius 3 is 2.67 bits per heavy atom. The van der Waals surface area contributed by atoms with Crippen LogP contribution in [-0.4, -0.2) is 65.1 Å². The number of aryl methyl sites for hydroxylation is 1. The van der Waals surface area contributed by atoms with E-state index in [2.05, 4.69) is 31.6 Å². The van der Waals surface area contributed by atoms with Crippen molar-refractivity contribution in [3.63, 3.8) is 0 Å². The van der Waals surface area contributed by atoms with Crippen LogP contribution in [0.1, 0.15) is 0 Å². The highest BCUT2D eigenvalue weighted by Gasteiger charge is 2.38. The zero-order valence-corrected chi connectivity index (χ0v) is 12.3. The topological polar surface area (TPSA) is 100 Å². The number of sulfonamides is 1. The van der Waals surface area contributed by atoms with E-state index in [9.17, 15) is 13.5 Å². The average molecular weight is 340 g/mol. The number of halogens is 1. The number of aromatic nitrogens is 3. The van der Waals surface area contributed by atoms with Crippen LogP contribution in [0.5, 0.6) is 0 Å². The van der Waals surface area contributed by atoms with E-state index in [0.29, 0.717) is 13.1 Å². The van der Waals surface area contributed by atoms with Crippen molar-refractivity contribution >= 4 is 26.0 Å². The summed E-state index contributed by atoms with van der Waals surface area (Å²) in [5, 5.41) is 20.0. The highest BCUT2D eigenvalue weighted by atomic mass is 79.9. The van der Waals surface area contributed by atoms with Crippen LogP contribution in [0.15, 0.2) is 9.63 Å². The summed E-state index contributed by atoms with van der Waals surface area (Å²) in [4.78, 5) is 0. The number of aliphatic hydroxyl groups excluding tert-OH is 1. The Morgan fingerprint density at radius 1 is 1.56 bits per heavy atom. The van der Waals surface area contributed by atoms with Gasteiger partial charge in [0.25, 0.3) is 10.0 Å². The molecular formula is C8H14BrN5O3S. The minimum absolute atomic E-state index is 0.0240. The van der Waals surface area contributed by atoms with Crippen molar-refractivity contribution in [3.8, 4) is 0 Å². The van der Waals surface area contributed by atoms with Crippen LogP contribution in [0.3, 0.4) is 0 Å². The molecule has 10 heteroatoms. The van der Waals surface area contributed by atoms with Gasteiger partial charge in [0.1, 0.15) is 0 Å². The van der Waals surface area contributed by atoms with Gasteiger partial charge in [0.15, 0.2) is 4.60 Å². The minimum Gasteiger partial charge on any atom is -0.390 e. The molecule has 0 bridgehead atoms. The predicted octanol–water partition coefficient (Wildman–Crippen LogP) is -1.47. The highest BCUT2D eigenvalue weighted by molar-refractivity contribution is 9.10. The van der Waals surface area contributed by atoms with Crippen molar-refractivity contribution in [1.29, 1.82) is 0 Å². The van der Waals surface area contributed by atoms with Gasteiger partial charge in [0.05, 0.1) is 12.1 Å². The Labute approximate surface area is 113 Å². The molecule has 1 fully saturated rings. The molecule has 1 aliphatic heterocycles. The van der Waals surface area contributed by atoms with Crippen LogP contribution >= 0.6 is 15.9 Å². The lowest BCUT2D eigenvalue weighted by Crippen LogP contribution is -2.44. The van der Waals surface area contributed by atoms with Gasteiger partial charge in [0, 0.05) is 27.2 Å². The fourth-order valence-electron chi connectivity index (χ4n) is 1.93. The van der Waals surface area contributed by atoms with Crippen molar-refractivity contribution in [2.24, 2.45) is 7.05 Å². The first kappa shape index (κ1) is 13.9. The van der Waals surface area contributed by atoms with Crippen LogP contribution in [0.4, 0.5) is 0 Å². The maximum atomic E-state index is 12.4. The fourth-order valence-corrected chi connectivity index (χ4v) is 4.34. The van der Waals surface area contributed by atoms with E-state index in [1.165, 1.54) is 18.8 Å². The van der Waals surface area contributed by atoms with Crippen molar-refractivity contribution in [1.82, 2.24) is 24.6 Å². The molecule has 2 atom stereocenters. The molecule has 2 rings (SSSR count). The first-order valence-corrected chi connectivity index (χ1v) is 7.51. The maximum Gasteiger partial charge on any atom is 0.263 e. The molecule has 1 aromatic heterocycles. The minimum atomic E-state index is -3.75. The number of hydrogen-bond donors (Lipinski definition) is 2. The summed E-state index contributed by atoms with van der Waals surface area (Å²) < 4.78 is 27.4. The number of hydrogen-bond acceptors (Lipinski definition) is 6. The smallest absolute Gasteiger partial charge is 0.263 e. The van der Waals surface area contributed by atoms with Gasteiger partial charge in [-0.05, 0) is 15.9 Å². The number of rotatable bonds is 3. The van der Waals surface area contributed by atoms with Gasteiger partial charge in [-0.2, -0.15) is 4.31 Å². The Balaban J connectivity index is 2.37. The van der Waals surface area contributed by atoms with Crippen LogP contribution < -0.4 is 5.32 Å². The largest absolute Gasteiger partial charge is 0.390 e. The average Bonchev–Trinajstić information content (AvgIpc) is 2.84. The SMILES string of the molecule is CN([C@H]1CNC[C@@H]1O)S(=O)(=O)c1c(Br)nnn1C. The summed E-state index contributed by atoms with van der Waals surface area (Å²) in [6.45, 7) is 0.801. The van der Waals surface area contributed by atoms with Crippen LogP contribution in [0.2, 0.25) is 0 Å². The number of aliphatic hydroxyl groups is 1. The van der Waals surface area contributed by atoms with E-state index in [-0.39, 0.29) is 9.63 Å². The number of β-amino-alcohol motifs (C(OH)–C–C–N with tert-alkyl or cyclic N) is 1. The van der Waals surface area contributed by atoms with Gasteiger partial charge in [-0.3, -0.25) is 0 Å². The molecule has 2 heterocycles. The normalized spacial score (nSPS) is 24.9. The first-order valence-electron chi connectivity index (χ1n) is 5.27. The van der Waals surface area contributed by atoms with E-state index < -0.39 is 22.2 Å². The Hall–Kier alpha value is -0.550. The van der Waals surface area contributed by atoms with Gasteiger partial charge in [-0.25, -0.2) is 13.1 Å². The number of likely N-dealkylation sites (N-methyl/N-ethyl adjacent to an activating group) is 1. The molecule has 0 saturated carbocycles. The van der Waals surface area contributed by atoms with E-state index in [1.807, 2.05) is 0 Å². The molecular weight excluding hydrogens is 326 g/mol. The molecule has 0 aliphatic carbocycles. The van der Waals surface area contributed by atoms with Crippen molar-refractivity contribution in [3.05, 3.63) is 4.60 Å². The zero-order valence-electron chi connectivity index (χ0n) is 9.91. The molecule has 1 aromatic rings. The van der Waals surface area contributed by atoms with Gasteiger partial charge in [-0.15, -0.1) is 5.10 Å². The molecule has 0 aromatic carbocycles. The van der Waals surface area contributed by atoms with E-state index in [4.69, 9.17) is 0 Å². The van der Waals surface area contributed by atoms with Gasteiger partial charge in [0.2, 0.25) is 5.03 Å². The summed E-state index contributed by atoms with van der Waals surface area (Å²) in [6, 6.07) is -0.489. The third-order valence-corrected chi connectivity index (χ3v) is 5.75. The summed E-state index contributed by atoms with van der Waals surface area (Å²) in [7, 11) is -0.807. The quantitative estimate of drug-likeness (QED) is 0.697. The molecule has 2 N–H and O–H groups in total. The second kappa shape index (κ2) is 4.85. The highest BCUT2D eigenvalue weighted by Crippen LogP contribution is 2.24. The van der Waals surface area contributed by atoms with E-state index >= 15 is 0 Å². The molecule has 1 aliphatic rings.